The van der Waals surface area contributed by atoms with Crippen LogP contribution in [-0.2, 0) is 6.54 Å². The molecule has 0 aliphatic heterocycles. The van der Waals surface area contributed by atoms with Crippen molar-refractivity contribution in [2.45, 2.75) is 12.7 Å². The van der Waals surface area contributed by atoms with Crippen molar-refractivity contribution in [3.8, 4) is 11.6 Å². The number of nitrogens with two attached hydrogens (primary N) is 1. The van der Waals surface area contributed by atoms with Crippen molar-refractivity contribution >= 4 is 28.3 Å². The Morgan fingerprint density at radius 1 is 1.14 bits per heavy atom. The number of rotatable bonds is 5. The van der Waals surface area contributed by atoms with Crippen molar-refractivity contribution in [1.29, 1.82) is 0 Å². The van der Waals surface area contributed by atoms with Crippen molar-refractivity contribution in [3.63, 3.8) is 0 Å². The van der Waals surface area contributed by atoms with E-state index in [1.54, 1.807) is 30.3 Å². The Labute approximate surface area is 164 Å². The minimum atomic E-state index is -4.44. The topological polar surface area (TPSA) is 60.5 Å². The first-order valence-corrected chi connectivity index (χ1v) is 8.56. The number of nitrogens with zero attached hydrogens (tertiary/aromatic N) is 2. The molecule has 8 heteroatoms. The molecule has 0 radical (unpaired) electrons. The molecule has 0 saturated carbocycles. The molecular weight excluding hydrogens is 391 g/mol. The van der Waals surface area contributed by atoms with E-state index in [-0.39, 0.29) is 18.5 Å². The summed E-state index contributed by atoms with van der Waals surface area (Å²) >= 11 is 5.87. The summed E-state index contributed by atoms with van der Waals surface area (Å²) in [5.74, 6) is 0.656. The minimum absolute atomic E-state index is 0.0472. The highest BCUT2D eigenvalue weighted by Gasteiger charge is 2.21. The van der Waals surface area contributed by atoms with Gasteiger partial charge in [0.05, 0.1) is 12.1 Å². The van der Waals surface area contributed by atoms with E-state index in [0.29, 0.717) is 22.2 Å². The molecule has 1 aromatic heterocycles. The van der Waals surface area contributed by atoms with Gasteiger partial charge < -0.3 is 10.5 Å². The summed E-state index contributed by atoms with van der Waals surface area (Å²) in [5.41, 5.74) is 6.94. The lowest BCUT2D eigenvalue weighted by molar-refractivity contribution is -0.0797. The summed E-state index contributed by atoms with van der Waals surface area (Å²) in [4.78, 5) is 8.47. The average molecular weight is 406 g/mol. The number of aromatic nitrogens is 1. The van der Waals surface area contributed by atoms with Gasteiger partial charge in [-0.2, -0.15) is 13.2 Å². The SMILES string of the molecule is NC(/C=C/C(F)(F)F)=NCc1cc(Oc2ccc(Cl)cc2)nc2ccccc12. The molecule has 0 atom stereocenters. The fourth-order valence-electron chi connectivity index (χ4n) is 2.44. The van der Waals surface area contributed by atoms with E-state index in [4.69, 9.17) is 22.1 Å². The van der Waals surface area contributed by atoms with Gasteiger partial charge in [-0.25, -0.2) is 4.98 Å². The van der Waals surface area contributed by atoms with Crippen LogP contribution in [0.3, 0.4) is 0 Å². The van der Waals surface area contributed by atoms with Crippen molar-refractivity contribution in [1.82, 2.24) is 4.98 Å². The van der Waals surface area contributed by atoms with Crippen LogP contribution in [-0.4, -0.2) is 17.0 Å². The van der Waals surface area contributed by atoms with Crippen LogP contribution in [0, 0.1) is 0 Å². The lowest BCUT2D eigenvalue weighted by Gasteiger charge is -2.10. The van der Waals surface area contributed by atoms with Crippen molar-refractivity contribution in [3.05, 3.63) is 77.3 Å². The fourth-order valence-corrected chi connectivity index (χ4v) is 2.56. The zero-order chi connectivity index (χ0) is 20.1. The lowest BCUT2D eigenvalue weighted by Crippen LogP contribution is -2.11. The van der Waals surface area contributed by atoms with E-state index >= 15 is 0 Å². The molecule has 28 heavy (non-hydrogen) atoms. The Balaban J connectivity index is 1.90. The van der Waals surface area contributed by atoms with Gasteiger partial charge in [0.15, 0.2) is 0 Å². The van der Waals surface area contributed by atoms with Gasteiger partial charge in [-0.05, 0) is 42.0 Å². The summed E-state index contributed by atoms with van der Waals surface area (Å²) in [6.45, 7) is 0.0774. The average Bonchev–Trinajstić information content (AvgIpc) is 2.65. The van der Waals surface area contributed by atoms with Crippen LogP contribution >= 0.6 is 11.6 Å². The molecule has 0 fully saturated rings. The molecule has 144 valence electrons. The monoisotopic (exact) mass is 405 g/mol. The van der Waals surface area contributed by atoms with Crippen LogP contribution < -0.4 is 10.5 Å². The van der Waals surface area contributed by atoms with Gasteiger partial charge in [0.1, 0.15) is 11.6 Å². The van der Waals surface area contributed by atoms with Gasteiger partial charge in [-0.3, -0.25) is 4.99 Å². The molecule has 4 nitrogen and oxygen atoms in total. The van der Waals surface area contributed by atoms with Crippen LogP contribution in [0.1, 0.15) is 5.56 Å². The van der Waals surface area contributed by atoms with Gasteiger partial charge in [0.2, 0.25) is 5.88 Å². The minimum Gasteiger partial charge on any atom is -0.439 e. The van der Waals surface area contributed by atoms with Crippen molar-refractivity contribution in [2.75, 3.05) is 0 Å². The molecule has 0 bridgehead atoms. The third-order valence-corrected chi connectivity index (χ3v) is 3.94. The Morgan fingerprint density at radius 3 is 2.57 bits per heavy atom. The molecule has 3 aromatic rings. The first-order valence-electron chi connectivity index (χ1n) is 8.18. The third kappa shape index (κ3) is 5.47. The molecule has 0 amide bonds. The Morgan fingerprint density at radius 2 is 1.86 bits per heavy atom. The number of para-hydroxylation sites is 1. The molecular formula is C20H15ClF3N3O. The summed E-state index contributed by atoms with van der Waals surface area (Å²) in [6.07, 6.45) is -3.66. The number of hydrogen-bond donors (Lipinski definition) is 1. The van der Waals surface area contributed by atoms with E-state index in [1.165, 1.54) is 0 Å². The predicted molar refractivity (Wildman–Crippen MR) is 104 cm³/mol. The van der Waals surface area contributed by atoms with Crippen LogP contribution in [0.4, 0.5) is 13.2 Å². The van der Waals surface area contributed by atoms with Gasteiger partial charge in [0, 0.05) is 22.6 Å². The van der Waals surface area contributed by atoms with E-state index in [9.17, 15) is 13.2 Å². The summed E-state index contributed by atoms with van der Waals surface area (Å²) in [5, 5.41) is 1.39. The van der Waals surface area contributed by atoms with Crippen molar-refractivity contribution < 1.29 is 17.9 Å². The Bertz CT molecular complexity index is 1030. The lowest BCUT2D eigenvalue weighted by atomic mass is 10.1. The summed E-state index contributed by atoms with van der Waals surface area (Å²) < 4.78 is 42.5. The number of amidine groups is 1. The normalized spacial score (nSPS) is 12.6. The summed E-state index contributed by atoms with van der Waals surface area (Å²) in [7, 11) is 0. The van der Waals surface area contributed by atoms with Gasteiger partial charge >= 0.3 is 6.18 Å². The number of alkyl halides is 3. The Kier molecular flexibility index (Phi) is 5.84. The fraction of sp³-hybridized carbons (Fsp3) is 0.100. The van der Waals surface area contributed by atoms with E-state index in [2.05, 4.69) is 9.98 Å². The number of allylic oxidation sites excluding steroid dienone is 1. The van der Waals surface area contributed by atoms with Crippen LogP contribution in [0.2, 0.25) is 5.02 Å². The number of aliphatic imine (C=N–C) groups is 1. The zero-order valence-electron chi connectivity index (χ0n) is 14.4. The second kappa shape index (κ2) is 8.31. The molecule has 1 heterocycles. The molecule has 0 unspecified atom stereocenters. The molecule has 2 aromatic carbocycles. The predicted octanol–water partition coefficient (Wildman–Crippen LogP) is 5.66. The number of fused-ring (bicyclic) bond motifs is 1. The van der Waals surface area contributed by atoms with Crippen LogP contribution in [0.25, 0.3) is 10.9 Å². The standard InChI is InChI=1S/C20H15ClF3N3O/c21-14-5-7-15(8-6-14)28-19-11-13(16-3-1-2-4-17(16)27-19)12-26-18(25)9-10-20(22,23)24/h1-11H,12H2,(H2,25,26)/b10-9+. The largest absolute Gasteiger partial charge is 0.439 e. The molecule has 3 rings (SSSR count). The van der Waals surface area contributed by atoms with Gasteiger partial charge in [-0.15, -0.1) is 0 Å². The summed E-state index contributed by atoms with van der Waals surface area (Å²) in [6, 6.07) is 15.8. The highest BCUT2D eigenvalue weighted by molar-refractivity contribution is 6.30. The molecule has 0 saturated heterocycles. The van der Waals surface area contributed by atoms with Gasteiger partial charge in [0.25, 0.3) is 0 Å². The molecule has 2 N–H and O–H groups in total. The number of halogens is 4. The quantitative estimate of drug-likeness (QED) is 0.440. The first-order chi connectivity index (χ1) is 13.3. The molecule has 0 aliphatic rings. The van der Waals surface area contributed by atoms with Crippen LogP contribution in [0.15, 0.2) is 71.7 Å². The smallest absolute Gasteiger partial charge is 0.409 e. The highest BCUT2D eigenvalue weighted by Crippen LogP contribution is 2.27. The van der Waals surface area contributed by atoms with E-state index < -0.39 is 6.18 Å². The van der Waals surface area contributed by atoms with Gasteiger partial charge in [-0.1, -0.05) is 29.8 Å². The maximum atomic E-state index is 12.2. The zero-order valence-corrected chi connectivity index (χ0v) is 15.2. The maximum Gasteiger partial charge on any atom is 0.409 e. The van der Waals surface area contributed by atoms with E-state index in [0.717, 1.165) is 17.0 Å². The maximum absolute atomic E-state index is 12.2. The third-order valence-electron chi connectivity index (χ3n) is 3.69. The second-order valence-corrected chi connectivity index (χ2v) is 6.25. The number of pyridine rings is 1. The number of hydrogen-bond acceptors (Lipinski definition) is 3. The van der Waals surface area contributed by atoms with Crippen LogP contribution in [0.5, 0.6) is 11.6 Å². The number of ether oxygens (including phenoxy) is 1. The molecule has 0 aliphatic carbocycles. The number of benzene rings is 2. The Hall–Kier alpha value is -3.06. The first kappa shape index (κ1) is 19.7. The second-order valence-electron chi connectivity index (χ2n) is 5.81. The molecule has 0 spiro atoms. The van der Waals surface area contributed by atoms with Crippen molar-refractivity contribution in [2.24, 2.45) is 10.7 Å². The highest BCUT2D eigenvalue weighted by atomic mass is 35.5. The van der Waals surface area contributed by atoms with E-state index in [1.807, 2.05) is 24.3 Å².